The van der Waals surface area contributed by atoms with E-state index >= 15 is 0 Å². The van der Waals surface area contributed by atoms with E-state index in [9.17, 15) is 14.3 Å². The number of phenols is 1. The Kier molecular flexibility index (Phi) is 4.16. The van der Waals surface area contributed by atoms with Gasteiger partial charge in [-0.3, -0.25) is 4.79 Å². The Bertz CT molecular complexity index is 794. The van der Waals surface area contributed by atoms with Gasteiger partial charge in [-0.15, -0.1) is 0 Å². The van der Waals surface area contributed by atoms with Crippen molar-refractivity contribution in [3.63, 3.8) is 0 Å². The second-order valence-corrected chi connectivity index (χ2v) is 7.39. The first-order chi connectivity index (χ1) is 12.0. The number of rotatable bonds is 2. The van der Waals surface area contributed by atoms with Crippen LogP contribution in [-0.4, -0.2) is 28.0 Å². The lowest BCUT2D eigenvalue weighted by Gasteiger charge is -2.39. The molecule has 0 unspecified atom stereocenters. The van der Waals surface area contributed by atoms with Gasteiger partial charge in [-0.05, 0) is 67.5 Å². The number of amides is 1. The van der Waals surface area contributed by atoms with Gasteiger partial charge in [0.05, 0.1) is 5.02 Å². The van der Waals surface area contributed by atoms with Gasteiger partial charge in [0.15, 0.2) is 0 Å². The zero-order chi connectivity index (χ0) is 17.6. The van der Waals surface area contributed by atoms with E-state index in [2.05, 4.69) is 0 Å². The minimum absolute atomic E-state index is 0.0174. The van der Waals surface area contributed by atoms with Crippen LogP contribution in [0.3, 0.4) is 0 Å². The van der Waals surface area contributed by atoms with Gasteiger partial charge in [-0.2, -0.15) is 0 Å². The summed E-state index contributed by atoms with van der Waals surface area (Å²) in [5.74, 6) is 0.109. The van der Waals surface area contributed by atoms with E-state index in [0.717, 1.165) is 31.2 Å². The topological polar surface area (TPSA) is 40.5 Å². The molecule has 25 heavy (non-hydrogen) atoms. The number of hydrogen-bond donors (Lipinski definition) is 1. The SMILES string of the molecule is O=C(c1ccc(O)c(Cl)c1)N1[C@@H]2CC[C@H]1C[C@@H](c1ccc(F)cc1)C2. The van der Waals surface area contributed by atoms with E-state index in [1.807, 2.05) is 17.0 Å². The van der Waals surface area contributed by atoms with E-state index in [1.54, 1.807) is 6.07 Å². The van der Waals surface area contributed by atoms with Gasteiger partial charge in [0.1, 0.15) is 11.6 Å². The summed E-state index contributed by atoms with van der Waals surface area (Å²) in [6, 6.07) is 11.7. The fourth-order valence-corrected chi connectivity index (χ4v) is 4.49. The van der Waals surface area contributed by atoms with Gasteiger partial charge < -0.3 is 10.0 Å². The van der Waals surface area contributed by atoms with Crippen molar-refractivity contribution in [1.82, 2.24) is 4.90 Å². The lowest BCUT2D eigenvalue weighted by molar-refractivity contribution is 0.0571. The molecule has 1 amide bonds. The van der Waals surface area contributed by atoms with Crippen molar-refractivity contribution in [2.24, 2.45) is 0 Å². The van der Waals surface area contributed by atoms with E-state index in [-0.39, 0.29) is 34.6 Å². The minimum atomic E-state index is -0.219. The van der Waals surface area contributed by atoms with Gasteiger partial charge in [0, 0.05) is 17.6 Å². The van der Waals surface area contributed by atoms with Crippen LogP contribution in [0, 0.1) is 5.82 Å². The van der Waals surface area contributed by atoms with Crippen LogP contribution in [0.4, 0.5) is 4.39 Å². The summed E-state index contributed by atoms with van der Waals surface area (Å²) in [5, 5.41) is 9.74. The minimum Gasteiger partial charge on any atom is -0.506 e. The average molecular weight is 360 g/mol. The van der Waals surface area contributed by atoms with Crippen molar-refractivity contribution in [2.45, 2.75) is 43.7 Å². The zero-order valence-corrected chi connectivity index (χ0v) is 14.4. The molecule has 2 saturated heterocycles. The molecule has 2 aliphatic rings. The molecule has 0 aromatic heterocycles. The van der Waals surface area contributed by atoms with Crippen LogP contribution < -0.4 is 0 Å². The highest BCUT2D eigenvalue weighted by molar-refractivity contribution is 6.32. The van der Waals surface area contributed by atoms with Crippen LogP contribution in [0.2, 0.25) is 5.02 Å². The fraction of sp³-hybridized carbons (Fsp3) is 0.350. The predicted octanol–water partition coefficient (Wildman–Crippen LogP) is 4.74. The van der Waals surface area contributed by atoms with Gasteiger partial charge in [0.2, 0.25) is 0 Å². The molecule has 4 rings (SSSR count). The molecule has 2 bridgehead atoms. The molecular formula is C20H19ClFNO2. The molecule has 130 valence electrons. The first kappa shape index (κ1) is 16.4. The molecule has 2 heterocycles. The lowest BCUT2D eigenvalue weighted by Crippen LogP contribution is -2.46. The summed E-state index contributed by atoms with van der Waals surface area (Å²) in [6.45, 7) is 0. The summed E-state index contributed by atoms with van der Waals surface area (Å²) in [4.78, 5) is 14.9. The number of hydrogen-bond acceptors (Lipinski definition) is 2. The Labute approximate surface area is 151 Å². The Morgan fingerprint density at radius 3 is 2.32 bits per heavy atom. The first-order valence-corrected chi connectivity index (χ1v) is 8.97. The van der Waals surface area contributed by atoms with Crippen molar-refractivity contribution in [3.05, 3.63) is 64.4 Å². The number of piperidine rings is 1. The maximum atomic E-state index is 13.2. The molecule has 2 aromatic carbocycles. The van der Waals surface area contributed by atoms with Crippen LogP contribution in [0.1, 0.15) is 47.5 Å². The number of nitrogens with zero attached hydrogens (tertiary/aromatic N) is 1. The molecule has 0 radical (unpaired) electrons. The first-order valence-electron chi connectivity index (χ1n) is 8.59. The quantitative estimate of drug-likeness (QED) is 0.841. The standard InChI is InChI=1S/C20H19ClFNO2/c21-18-11-13(3-8-19(18)24)20(25)23-16-6-7-17(23)10-14(9-16)12-1-4-15(22)5-2-12/h1-5,8,11,14,16-17,24H,6-7,9-10H2/t14-,16+,17-. The number of carbonyl (C=O) groups excluding carboxylic acids is 1. The summed E-state index contributed by atoms with van der Waals surface area (Å²) in [6.07, 6.45) is 3.80. The molecule has 2 aromatic rings. The number of benzene rings is 2. The molecular weight excluding hydrogens is 341 g/mol. The Hall–Kier alpha value is -2.07. The largest absolute Gasteiger partial charge is 0.506 e. The molecule has 0 aliphatic carbocycles. The lowest BCUT2D eigenvalue weighted by atomic mass is 9.85. The van der Waals surface area contributed by atoms with Gasteiger partial charge in [-0.25, -0.2) is 4.39 Å². The third kappa shape index (κ3) is 2.99. The molecule has 3 nitrogen and oxygen atoms in total. The molecule has 1 N–H and O–H groups in total. The van der Waals surface area contributed by atoms with Crippen molar-refractivity contribution in [1.29, 1.82) is 0 Å². The number of aromatic hydroxyl groups is 1. The van der Waals surface area contributed by atoms with E-state index < -0.39 is 0 Å². The molecule has 0 spiro atoms. The van der Waals surface area contributed by atoms with Crippen LogP contribution in [-0.2, 0) is 0 Å². The van der Waals surface area contributed by atoms with Crippen LogP contribution >= 0.6 is 11.6 Å². The van der Waals surface area contributed by atoms with Crippen LogP contribution in [0.5, 0.6) is 5.75 Å². The second kappa shape index (κ2) is 6.34. The van der Waals surface area contributed by atoms with Crippen molar-refractivity contribution in [3.8, 4) is 5.75 Å². The maximum absolute atomic E-state index is 13.2. The van der Waals surface area contributed by atoms with Crippen LogP contribution in [0.15, 0.2) is 42.5 Å². The molecule has 2 aliphatic heterocycles. The number of halogens is 2. The summed E-state index contributed by atoms with van der Waals surface area (Å²) in [7, 11) is 0. The van der Waals surface area contributed by atoms with E-state index in [0.29, 0.717) is 11.5 Å². The number of fused-ring (bicyclic) bond motifs is 2. The molecule has 0 saturated carbocycles. The fourth-order valence-electron chi connectivity index (χ4n) is 4.30. The second-order valence-electron chi connectivity index (χ2n) is 6.98. The maximum Gasteiger partial charge on any atom is 0.254 e. The molecule has 5 heteroatoms. The third-order valence-corrected chi connectivity index (χ3v) is 5.81. The van der Waals surface area contributed by atoms with Crippen molar-refractivity contribution >= 4 is 17.5 Å². The van der Waals surface area contributed by atoms with Gasteiger partial charge in [-0.1, -0.05) is 23.7 Å². The third-order valence-electron chi connectivity index (χ3n) is 5.50. The Balaban J connectivity index is 1.55. The molecule has 3 atom stereocenters. The Morgan fingerprint density at radius 2 is 1.72 bits per heavy atom. The highest BCUT2D eigenvalue weighted by atomic mass is 35.5. The van der Waals surface area contributed by atoms with Gasteiger partial charge >= 0.3 is 0 Å². The summed E-state index contributed by atoms with van der Waals surface area (Å²) < 4.78 is 13.2. The van der Waals surface area contributed by atoms with Gasteiger partial charge in [0.25, 0.3) is 5.91 Å². The van der Waals surface area contributed by atoms with Crippen molar-refractivity contribution in [2.75, 3.05) is 0 Å². The normalized spacial score (nSPS) is 25.2. The van der Waals surface area contributed by atoms with Crippen LogP contribution in [0.25, 0.3) is 0 Å². The summed E-state index contributed by atoms with van der Waals surface area (Å²) in [5.41, 5.74) is 1.66. The van der Waals surface area contributed by atoms with E-state index in [4.69, 9.17) is 11.6 Å². The Morgan fingerprint density at radius 1 is 1.08 bits per heavy atom. The number of carbonyl (C=O) groups is 1. The highest BCUT2D eigenvalue weighted by Gasteiger charge is 2.43. The molecule has 2 fully saturated rings. The zero-order valence-electron chi connectivity index (χ0n) is 13.7. The monoisotopic (exact) mass is 359 g/mol. The number of phenolic OH excluding ortho intramolecular Hbond substituents is 1. The van der Waals surface area contributed by atoms with Crippen molar-refractivity contribution < 1.29 is 14.3 Å². The van der Waals surface area contributed by atoms with E-state index in [1.165, 1.54) is 24.3 Å². The highest BCUT2D eigenvalue weighted by Crippen LogP contribution is 2.43. The average Bonchev–Trinajstić information content (AvgIpc) is 2.87. The summed E-state index contributed by atoms with van der Waals surface area (Å²) >= 11 is 5.95. The smallest absolute Gasteiger partial charge is 0.254 e. The predicted molar refractivity (Wildman–Crippen MR) is 94.5 cm³/mol.